The number of benzene rings is 2. The number of rotatable bonds is 5. The van der Waals surface area contributed by atoms with Gasteiger partial charge < -0.3 is 14.8 Å². The fourth-order valence-corrected chi connectivity index (χ4v) is 3.23. The molecule has 1 amide bonds. The first-order chi connectivity index (χ1) is 12.6. The first kappa shape index (κ1) is 18.0. The second-order valence-corrected chi connectivity index (χ2v) is 6.43. The summed E-state index contributed by atoms with van der Waals surface area (Å²) < 4.78 is 10.4. The molecule has 136 valence electrons. The van der Waals surface area contributed by atoms with Crippen molar-refractivity contribution in [2.75, 3.05) is 7.11 Å². The average molecular weight is 353 g/mol. The summed E-state index contributed by atoms with van der Waals surface area (Å²) in [4.78, 5) is 24.8. The molecule has 1 aliphatic rings. The van der Waals surface area contributed by atoms with Crippen LogP contribution in [0.5, 0.6) is 5.75 Å². The number of hydrogen-bond donors (Lipinski definition) is 1. The normalized spacial score (nSPS) is 16.9. The van der Waals surface area contributed by atoms with Gasteiger partial charge in [-0.1, -0.05) is 30.3 Å². The second kappa shape index (κ2) is 8.04. The molecule has 0 unspecified atom stereocenters. The first-order valence-electron chi connectivity index (χ1n) is 8.81. The second-order valence-electron chi connectivity index (χ2n) is 6.43. The topological polar surface area (TPSA) is 64.6 Å². The molecule has 0 aromatic heterocycles. The smallest absolute Gasteiger partial charge is 0.339 e. The highest BCUT2D eigenvalue weighted by Gasteiger charge is 2.25. The number of methoxy groups -OCH3 is 1. The third-order valence-electron chi connectivity index (χ3n) is 4.64. The zero-order valence-electron chi connectivity index (χ0n) is 15.0. The van der Waals surface area contributed by atoms with Crippen molar-refractivity contribution in [1.29, 1.82) is 0 Å². The molecule has 2 aromatic carbocycles. The molecule has 3 rings (SSSR count). The van der Waals surface area contributed by atoms with E-state index in [0.717, 1.165) is 24.8 Å². The molecule has 0 saturated heterocycles. The van der Waals surface area contributed by atoms with Gasteiger partial charge >= 0.3 is 5.97 Å². The maximum Gasteiger partial charge on any atom is 0.339 e. The van der Waals surface area contributed by atoms with Gasteiger partial charge in [0.05, 0.1) is 18.7 Å². The van der Waals surface area contributed by atoms with Crippen molar-refractivity contribution in [1.82, 2.24) is 5.32 Å². The molecule has 0 saturated carbocycles. The minimum absolute atomic E-state index is 0.0366. The summed E-state index contributed by atoms with van der Waals surface area (Å²) in [7, 11) is 1.53. The molecule has 0 fully saturated rings. The van der Waals surface area contributed by atoms with Crippen LogP contribution in [-0.4, -0.2) is 25.1 Å². The van der Waals surface area contributed by atoms with Crippen LogP contribution in [-0.2, 0) is 16.0 Å². The van der Waals surface area contributed by atoms with Crippen LogP contribution >= 0.6 is 0 Å². The molecule has 0 heterocycles. The fourth-order valence-electron chi connectivity index (χ4n) is 3.23. The Morgan fingerprint density at radius 1 is 1.15 bits per heavy atom. The Morgan fingerprint density at radius 2 is 1.96 bits per heavy atom. The number of nitrogens with one attached hydrogen (secondary N) is 1. The van der Waals surface area contributed by atoms with Gasteiger partial charge in [0.15, 0.2) is 6.10 Å². The van der Waals surface area contributed by atoms with E-state index in [0.29, 0.717) is 11.3 Å². The summed E-state index contributed by atoms with van der Waals surface area (Å²) in [5.74, 6) is -0.270. The van der Waals surface area contributed by atoms with E-state index >= 15 is 0 Å². The average Bonchev–Trinajstić information content (AvgIpc) is 2.68. The lowest BCUT2D eigenvalue weighted by molar-refractivity contribution is -0.130. The van der Waals surface area contributed by atoms with Crippen LogP contribution < -0.4 is 10.1 Å². The molecule has 5 nitrogen and oxygen atoms in total. The Kier molecular flexibility index (Phi) is 5.56. The molecule has 0 radical (unpaired) electrons. The van der Waals surface area contributed by atoms with Crippen molar-refractivity contribution in [3.05, 3.63) is 65.2 Å². The molecule has 0 aliphatic heterocycles. The van der Waals surface area contributed by atoms with Crippen molar-refractivity contribution in [3.8, 4) is 5.75 Å². The van der Waals surface area contributed by atoms with Crippen LogP contribution in [0.25, 0.3) is 0 Å². The third kappa shape index (κ3) is 4.04. The minimum Gasteiger partial charge on any atom is -0.497 e. The number of amides is 1. The summed E-state index contributed by atoms with van der Waals surface area (Å²) in [6.45, 7) is 1.59. The Bertz CT molecular complexity index is 802. The third-order valence-corrected chi connectivity index (χ3v) is 4.64. The SMILES string of the molecule is COc1cccc(C(=O)O[C@@H](C)C(=O)N[C@H]2CCCc3ccccc32)c1. The Labute approximate surface area is 153 Å². The molecule has 1 N–H and O–H groups in total. The number of fused-ring (bicyclic) bond motifs is 1. The molecule has 2 aromatic rings. The van der Waals surface area contributed by atoms with Crippen molar-refractivity contribution >= 4 is 11.9 Å². The number of carbonyl (C=O) groups excluding carboxylic acids is 2. The Balaban J connectivity index is 1.62. The highest BCUT2D eigenvalue weighted by Crippen LogP contribution is 2.29. The quantitative estimate of drug-likeness (QED) is 0.837. The maximum atomic E-state index is 12.5. The standard InChI is InChI=1S/C21H23NO4/c1-14(26-21(24)16-9-5-10-17(13-16)25-2)20(23)22-19-12-6-8-15-7-3-4-11-18(15)19/h3-5,7,9-11,13-14,19H,6,8,12H2,1-2H3,(H,22,23)/t14-,19-/m0/s1. The van der Waals surface area contributed by atoms with E-state index in [1.807, 2.05) is 18.2 Å². The van der Waals surface area contributed by atoms with Crippen LogP contribution in [0.3, 0.4) is 0 Å². The molecule has 0 bridgehead atoms. The molecular formula is C21H23NO4. The van der Waals surface area contributed by atoms with Gasteiger partial charge in [-0.15, -0.1) is 0 Å². The predicted molar refractivity (Wildman–Crippen MR) is 98.1 cm³/mol. The van der Waals surface area contributed by atoms with Crippen LogP contribution in [0, 0.1) is 0 Å². The van der Waals surface area contributed by atoms with E-state index in [1.165, 1.54) is 12.7 Å². The van der Waals surface area contributed by atoms with E-state index in [-0.39, 0.29) is 11.9 Å². The molecule has 2 atom stereocenters. The summed E-state index contributed by atoms with van der Waals surface area (Å²) in [5.41, 5.74) is 2.77. The number of esters is 1. The van der Waals surface area contributed by atoms with Crippen molar-refractivity contribution in [2.45, 2.75) is 38.3 Å². The molecule has 5 heteroatoms. The summed E-state index contributed by atoms with van der Waals surface area (Å²) in [6, 6.07) is 14.8. The van der Waals surface area contributed by atoms with E-state index in [4.69, 9.17) is 9.47 Å². The van der Waals surface area contributed by atoms with Gasteiger partial charge in [0.2, 0.25) is 0 Å². The predicted octanol–water partition coefficient (Wildman–Crippen LogP) is 3.43. The molecular weight excluding hydrogens is 330 g/mol. The van der Waals surface area contributed by atoms with Crippen LogP contribution in [0.1, 0.15) is 47.3 Å². The van der Waals surface area contributed by atoms with Gasteiger partial charge in [0.25, 0.3) is 5.91 Å². The van der Waals surface area contributed by atoms with Gasteiger partial charge in [-0.3, -0.25) is 4.79 Å². The fraction of sp³-hybridized carbons (Fsp3) is 0.333. The largest absolute Gasteiger partial charge is 0.497 e. The zero-order chi connectivity index (χ0) is 18.5. The molecule has 26 heavy (non-hydrogen) atoms. The molecule has 0 spiro atoms. The van der Waals surface area contributed by atoms with Crippen LogP contribution in [0.4, 0.5) is 0 Å². The summed E-state index contributed by atoms with van der Waals surface area (Å²) in [5, 5.41) is 3.01. The highest BCUT2D eigenvalue weighted by atomic mass is 16.5. The number of aryl methyl sites for hydroxylation is 1. The van der Waals surface area contributed by atoms with E-state index in [1.54, 1.807) is 31.2 Å². The monoisotopic (exact) mass is 353 g/mol. The minimum atomic E-state index is -0.872. The zero-order valence-corrected chi connectivity index (χ0v) is 15.0. The van der Waals surface area contributed by atoms with Crippen molar-refractivity contribution in [2.24, 2.45) is 0 Å². The lowest BCUT2D eigenvalue weighted by atomic mass is 9.87. The van der Waals surface area contributed by atoms with E-state index < -0.39 is 12.1 Å². The first-order valence-corrected chi connectivity index (χ1v) is 8.81. The van der Waals surface area contributed by atoms with Crippen molar-refractivity contribution < 1.29 is 19.1 Å². The number of hydrogen-bond acceptors (Lipinski definition) is 4. The van der Waals surface area contributed by atoms with E-state index in [2.05, 4.69) is 11.4 Å². The van der Waals surface area contributed by atoms with Crippen molar-refractivity contribution in [3.63, 3.8) is 0 Å². The van der Waals surface area contributed by atoms with Crippen LogP contribution in [0.15, 0.2) is 48.5 Å². The highest BCUT2D eigenvalue weighted by molar-refractivity contribution is 5.92. The molecule has 1 aliphatic carbocycles. The van der Waals surface area contributed by atoms with E-state index in [9.17, 15) is 9.59 Å². The Hall–Kier alpha value is -2.82. The van der Waals surface area contributed by atoms with Gasteiger partial charge in [-0.2, -0.15) is 0 Å². The van der Waals surface area contributed by atoms with Gasteiger partial charge in [-0.05, 0) is 55.5 Å². The number of carbonyl (C=O) groups is 2. The summed E-state index contributed by atoms with van der Waals surface area (Å²) >= 11 is 0. The maximum absolute atomic E-state index is 12.5. The Morgan fingerprint density at radius 3 is 2.77 bits per heavy atom. The van der Waals surface area contributed by atoms with Gasteiger partial charge in [0, 0.05) is 0 Å². The lowest BCUT2D eigenvalue weighted by Gasteiger charge is -2.27. The van der Waals surface area contributed by atoms with Gasteiger partial charge in [-0.25, -0.2) is 4.79 Å². The van der Waals surface area contributed by atoms with Gasteiger partial charge in [0.1, 0.15) is 5.75 Å². The lowest BCUT2D eigenvalue weighted by Crippen LogP contribution is -2.39. The van der Waals surface area contributed by atoms with Crippen LogP contribution in [0.2, 0.25) is 0 Å². The number of ether oxygens (including phenoxy) is 2. The summed E-state index contributed by atoms with van der Waals surface area (Å²) in [6.07, 6.45) is 2.07.